The summed E-state index contributed by atoms with van der Waals surface area (Å²) in [6.07, 6.45) is 12.7. The second-order valence-corrected chi connectivity index (χ2v) is 12.0. The van der Waals surface area contributed by atoms with E-state index in [1.807, 2.05) is 12.1 Å². The first kappa shape index (κ1) is 23.6. The fourth-order valence-corrected chi connectivity index (χ4v) is 8.47. The minimum Gasteiger partial charge on any atom is -0.493 e. The van der Waals surface area contributed by atoms with Gasteiger partial charge in [0.1, 0.15) is 5.75 Å². The molecule has 1 unspecified atom stereocenters. The van der Waals surface area contributed by atoms with Crippen LogP contribution < -0.4 is 4.74 Å². The molecule has 4 aliphatic rings. The van der Waals surface area contributed by atoms with Crippen LogP contribution in [-0.2, 0) is 0 Å². The molecule has 0 saturated heterocycles. The Kier molecular flexibility index (Phi) is 6.27. The van der Waals surface area contributed by atoms with E-state index in [9.17, 15) is 9.90 Å². The van der Waals surface area contributed by atoms with Gasteiger partial charge >= 0.3 is 5.97 Å². The van der Waals surface area contributed by atoms with Gasteiger partial charge in [-0.25, -0.2) is 4.79 Å². The average Bonchev–Trinajstić information content (AvgIpc) is 2.87. The maximum absolute atomic E-state index is 11.3. The number of aromatic carboxylic acids is 1. The first-order chi connectivity index (χ1) is 17.5. The van der Waals surface area contributed by atoms with Gasteiger partial charge in [-0.2, -0.15) is 0 Å². The summed E-state index contributed by atoms with van der Waals surface area (Å²) >= 11 is 0. The smallest absolute Gasteiger partial charge is 0.335 e. The van der Waals surface area contributed by atoms with Crippen LogP contribution in [0.2, 0.25) is 0 Å². The van der Waals surface area contributed by atoms with E-state index >= 15 is 0 Å². The Morgan fingerprint density at radius 3 is 2.28 bits per heavy atom. The molecule has 0 heterocycles. The van der Waals surface area contributed by atoms with E-state index in [-0.39, 0.29) is 0 Å². The highest BCUT2D eigenvalue weighted by Crippen LogP contribution is 2.63. The summed E-state index contributed by atoms with van der Waals surface area (Å²) in [5.41, 5.74) is 3.11. The predicted molar refractivity (Wildman–Crippen MR) is 145 cm³/mol. The molecule has 0 aromatic heterocycles. The van der Waals surface area contributed by atoms with Crippen LogP contribution in [0.3, 0.4) is 0 Å². The Morgan fingerprint density at radius 2 is 1.58 bits per heavy atom. The van der Waals surface area contributed by atoms with E-state index < -0.39 is 5.97 Å². The maximum atomic E-state index is 11.3. The maximum Gasteiger partial charge on any atom is 0.335 e. The van der Waals surface area contributed by atoms with E-state index in [0.717, 1.165) is 64.3 Å². The third-order valence-electron chi connectivity index (χ3n) is 9.60. The molecule has 36 heavy (non-hydrogen) atoms. The molecular formula is C33H38O3. The zero-order valence-electron chi connectivity index (χ0n) is 21.4. The fourth-order valence-electron chi connectivity index (χ4n) is 8.47. The van der Waals surface area contributed by atoms with Crippen molar-refractivity contribution in [2.45, 2.75) is 64.7 Å². The van der Waals surface area contributed by atoms with Crippen LogP contribution in [0, 0.1) is 29.1 Å². The number of benzene rings is 3. The minimum absolute atomic E-state index is 0.319. The van der Waals surface area contributed by atoms with Crippen LogP contribution in [0.15, 0.2) is 60.7 Å². The lowest BCUT2D eigenvalue weighted by Gasteiger charge is -2.60. The van der Waals surface area contributed by atoms with Crippen molar-refractivity contribution in [2.24, 2.45) is 29.1 Å². The van der Waals surface area contributed by atoms with Crippen LogP contribution in [-0.4, -0.2) is 17.7 Å². The quantitative estimate of drug-likeness (QED) is 0.332. The lowest BCUT2D eigenvalue weighted by molar-refractivity contribution is -0.0930. The molecule has 3 aromatic rings. The number of carboxylic acids is 1. The molecule has 1 N–H and O–H groups in total. The zero-order valence-corrected chi connectivity index (χ0v) is 21.4. The second kappa shape index (κ2) is 9.57. The fraction of sp³-hybridized carbons (Fsp3) is 0.485. The molecule has 0 aliphatic heterocycles. The van der Waals surface area contributed by atoms with Gasteiger partial charge < -0.3 is 9.84 Å². The number of rotatable bonds is 9. The lowest BCUT2D eigenvalue weighted by Crippen LogP contribution is -2.49. The van der Waals surface area contributed by atoms with E-state index in [1.54, 1.807) is 12.1 Å². The molecule has 4 saturated carbocycles. The topological polar surface area (TPSA) is 46.5 Å². The van der Waals surface area contributed by atoms with Crippen molar-refractivity contribution in [3.05, 3.63) is 66.2 Å². The Balaban J connectivity index is 1.19. The molecule has 3 aromatic carbocycles. The third-order valence-corrected chi connectivity index (χ3v) is 9.60. The number of hydrogen-bond donors (Lipinski definition) is 1. The van der Waals surface area contributed by atoms with Gasteiger partial charge in [0.25, 0.3) is 0 Å². The molecule has 4 aliphatic carbocycles. The number of para-hydroxylation sites is 1. The van der Waals surface area contributed by atoms with Crippen molar-refractivity contribution < 1.29 is 14.6 Å². The molecular weight excluding hydrogens is 444 g/mol. The minimum atomic E-state index is -0.894. The molecule has 3 nitrogen and oxygen atoms in total. The SMILES string of the molecule is CCCC(CCOc1ccccc1-c1ccc2cc(C(=O)O)ccc2c1)C12CC3CC(CC(C3)C1)C2. The highest BCUT2D eigenvalue weighted by molar-refractivity contribution is 5.96. The van der Waals surface area contributed by atoms with Crippen molar-refractivity contribution in [1.29, 1.82) is 0 Å². The first-order valence-electron chi connectivity index (χ1n) is 14.0. The van der Waals surface area contributed by atoms with Gasteiger partial charge in [0.2, 0.25) is 0 Å². The van der Waals surface area contributed by atoms with Crippen LogP contribution in [0.1, 0.15) is 75.1 Å². The van der Waals surface area contributed by atoms with Crippen molar-refractivity contribution in [3.8, 4) is 16.9 Å². The van der Waals surface area contributed by atoms with Crippen LogP contribution in [0.4, 0.5) is 0 Å². The standard InChI is InChI=1S/C33H38O3/c1-2-5-29(33-19-22-14-23(20-33)16-24(15-22)21-33)12-13-36-31-7-4-3-6-30(31)27-10-8-26-18-28(32(34)35)11-9-25(26)17-27/h3-4,6-11,17-18,22-24,29H,2,5,12-16,19-21H2,1H3,(H,34,35). The Labute approximate surface area is 214 Å². The first-order valence-corrected chi connectivity index (χ1v) is 14.0. The average molecular weight is 483 g/mol. The van der Waals surface area contributed by atoms with E-state index in [1.165, 1.54) is 51.4 Å². The van der Waals surface area contributed by atoms with Crippen LogP contribution >= 0.6 is 0 Å². The summed E-state index contributed by atoms with van der Waals surface area (Å²) in [5.74, 6) is 3.83. The number of carbonyl (C=O) groups is 1. The van der Waals surface area contributed by atoms with Crippen LogP contribution in [0.25, 0.3) is 21.9 Å². The van der Waals surface area contributed by atoms with Crippen molar-refractivity contribution in [1.82, 2.24) is 0 Å². The van der Waals surface area contributed by atoms with Gasteiger partial charge in [-0.3, -0.25) is 0 Å². The Bertz CT molecular complexity index is 1220. The summed E-state index contributed by atoms with van der Waals surface area (Å²) < 4.78 is 6.52. The molecule has 3 heteroatoms. The summed E-state index contributed by atoms with van der Waals surface area (Å²) in [6.45, 7) is 3.13. The number of fused-ring (bicyclic) bond motifs is 1. The van der Waals surface area contributed by atoms with Crippen LogP contribution in [0.5, 0.6) is 5.75 Å². The summed E-state index contributed by atoms with van der Waals surface area (Å²) in [6, 6.07) is 19.9. The lowest BCUT2D eigenvalue weighted by atomic mass is 9.46. The van der Waals surface area contributed by atoms with Gasteiger partial charge in [-0.1, -0.05) is 56.2 Å². The second-order valence-electron chi connectivity index (χ2n) is 12.0. The normalized spacial score (nSPS) is 27.3. The summed E-state index contributed by atoms with van der Waals surface area (Å²) in [7, 11) is 0. The number of hydrogen-bond acceptors (Lipinski definition) is 2. The predicted octanol–water partition coefficient (Wildman–Crippen LogP) is 8.61. The van der Waals surface area contributed by atoms with Gasteiger partial charge in [0, 0.05) is 5.56 Å². The largest absolute Gasteiger partial charge is 0.493 e. The Morgan fingerprint density at radius 1 is 0.917 bits per heavy atom. The zero-order chi connectivity index (χ0) is 24.7. The van der Waals surface area contributed by atoms with Crippen molar-refractivity contribution >= 4 is 16.7 Å². The van der Waals surface area contributed by atoms with Gasteiger partial charge in [-0.05, 0) is 115 Å². The molecule has 4 bridgehead atoms. The highest BCUT2D eigenvalue weighted by atomic mass is 16.5. The van der Waals surface area contributed by atoms with Crippen molar-refractivity contribution in [3.63, 3.8) is 0 Å². The molecule has 0 radical (unpaired) electrons. The Hall–Kier alpha value is -2.81. The monoisotopic (exact) mass is 482 g/mol. The van der Waals surface area contributed by atoms with Gasteiger partial charge in [0.15, 0.2) is 0 Å². The highest BCUT2D eigenvalue weighted by Gasteiger charge is 2.53. The molecule has 4 fully saturated rings. The van der Waals surface area contributed by atoms with E-state index in [4.69, 9.17) is 4.74 Å². The summed E-state index contributed by atoms with van der Waals surface area (Å²) in [4.78, 5) is 11.3. The summed E-state index contributed by atoms with van der Waals surface area (Å²) in [5, 5.41) is 11.3. The van der Waals surface area contributed by atoms with Crippen molar-refractivity contribution in [2.75, 3.05) is 6.61 Å². The molecule has 0 spiro atoms. The molecule has 7 rings (SSSR count). The van der Waals surface area contributed by atoms with Gasteiger partial charge in [-0.15, -0.1) is 0 Å². The van der Waals surface area contributed by atoms with E-state index in [2.05, 4.69) is 43.3 Å². The van der Waals surface area contributed by atoms with Gasteiger partial charge in [0.05, 0.1) is 12.2 Å². The number of ether oxygens (including phenoxy) is 1. The molecule has 1 atom stereocenters. The third kappa shape index (κ3) is 4.42. The number of carboxylic acid groups (broad SMARTS) is 1. The van der Waals surface area contributed by atoms with E-state index in [0.29, 0.717) is 11.0 Å². The molecule has 188 valence electrons. The molecule has 0 amide bonds.